The lowest BCUT2D eigenvalue weighted by molar-refractivity contribution is -0.384. The van der Waals surface area contributed by atoms with Gasteiger partial charge in [0.2, 0.25) is 11.8 Å². The molecule has 4 aliphatic heterocycles. The van der Waals surface area contributed by atoms with Crippen molar-refractivity contribution in [2.75, 3.05) is 49.1 Å². The number of anilines is 2. The third-order valence-corrected chi connectivity index (χ3v) is 11.0. The molecule has 5 aliphatic rings. The van der Waals surface area contributed by atoms with Gasteiger partial charge in [0.25, 0.3) is 11.6 Å². The number of imide groups is 1. The molecule has 3 amide bonds. The maximum atomic E-state index is 13.3. The Labute approximate surface area is 257 Å². The molecule has 1 atom stereocenters. The first kappa shape index (κ1) is 28.8. The monoisotopic (exact) mass is 600 g/mol. The first-order chi connectivity index (χ1) is 21.3. The van der Waals surface area contributed by atoms with Crippen LogP contribution in [0.4, 0.5) is 17.1 Å². The molecular weight excluding hydrogens is 560 g/mol. The Balaban J connectivity index is 0.898. The lowest BCUT2D eigenvalue weighted by Gasteiger charge is -2.49. The molecule has 1 unspecified atom stereocenters. The van der Waals surface area contributed by atoms with Crippen molar-refractivity contribution in [1.82, 2.24) is 15.1 Å². The van der Waals surface area contributed by atoms with E-state index in [1.165, 1.54) is 38.5 Å². The highest BCUT2D eigenvalue weighted by Gasteiger charge is 2.41. The Kier molecular flexibility index (Phi) is 7.52. The molecule has 44 heavy (non-hydrogen) atoms. The predicted octanol–water partition coefficient (Wildman–Crippen LogP) is 3.71. The van der Waals surface area contributed by atoms with Gasteiger partial charge >= 0.3 is 0 Å². The number of nitrogens with zero attached hydrogens (tertiary/aromatic N) is 5. The number of rotatable bonds is 5. The van der Waals surface area contributed by atoms with Crippen molar-refractivity contribution in [3.8, 4) is 0 Å². The zero-order chi connectivity index (χ0) is 30.4. The number of amides is 3. The summed E-state index contributed by atoms with van der Waals surface area (Å²) in [7, 11) is 0. The molecular formula is C33H40N6O5. The third-order valence-electron chi connectivity index (χ3n) is 11.0. The Bertz CT molecular complexity index is 1450. The Hall–Kier alpha value is -3.99. The number of piperidine rings is 2. The van der Waals surface area contributed by atoms with Gasteiger partial charge in [0.15, 0.2) is 0 Å². The normalized spacial score (nSPS) is 24.5. The van der Waals surface area contributed by atoms with E-state index in [1.807, 2.05) is 24.3 Å². The molecule has 0 aromatic heterocycles. The number of nitrogens with one attached hydrogen (secondary N) is 1. The van der Waals surface area contributed by atoms with E-state index in [2.05, 4.69) is 26.1 Å². The fraction of sp³-hybridized carbons (Fsp3) is 0.545. The molecule has 0 bridgehead atoms. The van der Waals surface area contributed by atoms with Crippen LogP contribution in [0.2, 0.25) is 0 Å². The molecule has 2 aromatic carbocycles. The van der Waals surface area contributed by atoms with Crippen molar-refractivity contribution in [2.24, 2.45) is 5.41 Å². The predicted molar refractivity (Wildman–Crippen MR) is 166 cm³/mol. The minimum atomic E-state index is -0.583. The van der Waals surface area contributed by atoms with E-state index >= 15 is 0 Å². The molecule has 7 rings (SSSR count). The second kappa shape index (κ2) is 11.5. The van der Waals surface area contributed by atoms with Crippen molar-refractivity contribution in [1.29, 1.82) is 0 Å². The highest BCUT2D eigenvalue weighted by Crippen LogP contribution is 2.46. The van der Waals surface area contributed by atoms with Crippen molar-refractivity contribution in [3.63, 3.8) is 0 Å². The van der Waals surface area contributed by atoms with Gasteiger partial charge in [0.05, 0.1) is 4.92 Å². The van der Waals surface area contributed by atoms with E-state index in [4.69, 9.17) is 0 Å². The van der Waals surface area contributed by atoms with Gasteiger partial charge in [0.1, 0.15) is 6.04 Å². The van der Waals surface area contributed by atoms with Crippen molar-refractivity contribution >= 4 is 34.8 Å². The van der Waals surface area contributed by atoms with Crippen LogP contribution in [0, 0.1) is 15.5 Å². The number of carbonyl (C=O) groups excluding carboxylic acids is 3. The van der Waals surface area contributed by atoms with Crippen LogP contribution < -0.4 is 15.1 Å². The second-order valence-corrected chi connectivity index (χ2v) is 13.3. The van der Waals surface area contributed by atoms with Crippen molar-refractivity contribution < 1.29 is 19.3 Å². The number of benzene rings is 2. The van der Waals surface area contributed by atoms with E-state index < -0.39 is 6.04 Å². The summed E-state index contributed by atoms with van der Waals surface area (Å²) in [6.45, 7) is 6.34. The first-order valence-electron chi connectivity index (χ1n) is 16.0. The average molecular weight is 601 g/mol. The molecule has 1 saturated carbocycles. The van der Waals surface area contributed by atoms with Gasteiger partial charge in [-0.15, -0.1) is 0 Å². The van der Waals surface area contributed by atoms with Crippen LogP contribution in [0.25, 0.3) is 0 Å². The minimum absolute atomic E-state index is 0.114. The number of piperazine rings is 1. The lowest BCUT2D eigenvalue weighted by Crippen LogP contribution is -2.52. The summed E-state index contributed by atoms with van der Waals surface area (Å²) in [5.74, 6) is -0.756. The standard InChI is InChI=1S/C33H40N6O5/c40-30-8-7-29(31(41)34-30)38-22-23-1-2-27(21-28(23)32(38)42)35-15-13-33(14-16-35)11-9-25(10-12-33)37-19-17-36(18-20-37)24-3-5-26(6-4-24)39(43)44/h1-6,21,25,29H,7-20,22H2,(H,34,40,41). The van der Waals surface area contributed by atoms with E-state index in [1.54, 1.807) is 17.0 Å². The molecule has 4 heterocycles. The second-order valence-electron chi connectivity index (χ2n) is 13.3. The van der Waals surface area contributed by atoms with Crippen molar-refractivity contribution in [3.05, 3.63) is 63.7 Å². The highest BCUT2D eigenvalue weighted by atomic mass is 16.6. The molecule has 11 heteroatoms. The van der Waals surface area contributed by atoms with Crippen LogP contribution in [0.15, 0.2) is 42.5 Å². The van der Waals surface area contributed by atoms with E-state index in [9.17, 15) is 24.5 Å². The van der Waals surface area contributed by atoms with Crippen LogP contribution in [-0.2, 0) is 16.1 Å². The van der Waals surface area contributed by atoms with Gasteiger partial charge in [-0.1, -0.05) is 6.07 Å². The zero-order valence-electron chi connectivity index (χ0n) is 25.1. The van der Waals surface area contributed by atoms with Crippen LogP contribution in [-0.4, -0.2) is 83.8 Å². The molecule has 2 aromatic rings. The molecule has 11 nitrogen and oxygen atoms in total. The van der Waals surface area contributed by atoms with Crippen LogP contribution in [0.1, 0.15) is 67.3 Å². The third kappa shape index (κ3) is 5.42. The zero-order valence-corrected chi connectivity index (χ0v) is 25.1. The largest absolute Gasteiger partial charge is 0.371 e. The molecule has 4 fully saturated rings. The van der Waals surface area contributed by atoms with Gasteiger partial charge in [-0.2, -0.15) is 0 Å². The van der Waals surface area contributed by atoms with Gasteiger partial charge in [-0.25, -0.2) is 0 Å². The maximum Gasteiger partial charge on any atom is 0.269 e. The number of hydrogen-bond donors (Lipinski definition) is 1. The average Bonchev–Trinajstić information content (AvgIpc) is 3.37. The number of fused-ring (bicyclic) bond motifs is 1. The van der Waals surface area contributed by atoms with E-state index in [0.29, 0.717) is 30.0 Å². The summed E-state index contributed by atoms with van der Waals surface area (Å²) >= 11 is 0. The summed E-state index contributed by atoms with van der Waals surface area (Å²) in [4.78, 5) is 56.9. The Morgan fingerprint density at radius 2 is 1.45 bits per heavy atom. The van der Waals surface area contributed by atoms with Crippen LogP contribution in [0.3, 0.4) is 0 Å². The number of nitro groups is 1. The molecule has 0 radical (unpaired) electrons. The first-order valence-corrected chi connectivity index (χ1v) is 16.0. The summed E-state index contributed by atoms with van der Waals surface area (Å²) < 4.78 is 0. The van der Waals surface area contributed by atoms with E-state index in [0.717, 1.165) is 56.2 Å². The van der Waals surface area contributed by atoms with Gasteiger partial charge in [-0.3, -0.25) is 34.7 Å². The highest BCUT2D eigenvalue weighted by molar-refractivity contribution is 6.05. The maximum absolute atomic E-state index is 13.3. The number of hydrogen-bond acceptors (Lipinski definition) is 8. The lowest BCUT2D eigenvalue weighted by atomic mass is 9.66. The summed E-state index contributed by atoms with van der Waals surface area (Å²) in [5, 5.41) is 13.3. The topological polar surface area (TPSA) is 119 Å². The van der Waals surface area contributed by atoms with E-state index in [-0.39, 0.29) is 34.8 Å². The molecule has 1 aliphatic carbocycles. The quantitative estimate of drug-likeness (QED) is 0.314. The number of nitro benzene ring substituents is 1. The smallest absolute Gasteiger partial charge is 0.269 e. The summed E-state index contributed by atoms with van der Waals surface area (Å²) in [5.41, 5.74) is 4.31. The molecule has 232 valence electrons. The Morgan fingerprint density at radius 3 is 2.11 bits per heavy atom. The minimum Gasteiger partial charge on any atom is -0.371 e. The Morgan fingerprint density at radius 1 is 0.795 bits per heavy atom. The molecule has 1 spiro atoms. The van der Waals surface area contributed by atoms with Gasteiger partial charge in [-0.05, 0) is 80.2 Å². The van der Waals surface area contributed by atoms with Crippen LogP contribution in [0.5, 0.6) is 0 Å². The molecule has 1 N–H and O–H groups in total. The fourth-order valence-electron chi connectivity index (χ4n) is 8.19. The summed E-state index contributed by atoms with van der Waals surface area (Å²) in [6, 6.07) is 13.1. The SMILES string of the molecule is O=C1CCC(N2Cc3ccc(N4CCC5(CCC(N6CCN(c7ccc([N+](=O)[O-])cc7)CC6)CC5)CC4)cc3C2=O)C(=O)N1. The van der Waals surface area contributed by atoms with Crippen molar-refractivity contribution in [2.45, 2.75) is 70.0 Å². The number of non-ortho nitro benzene ring substituents is 1. The fourth-order valence-corrected chi connectivity index (χ4v) is 8.19. The molecule has 3 saturated heterocycles. The van der Waals surface area contributed by atoms with Gasteiger partial charge in [0, 0.05) is 87.3 Å². The number of carbonyl (C=O) groups is 3. The van der Waals surface area contributed by atoms with Gasteiger partial charge < -0.3 is 14.7 Å². The van der Waals surface area contributed by atoms with Crippen LogP contribution >= 0.6 is 0 Å². The summed E-state index contributed by atoms with van der Waals surface area (Å²) in [6.07, 6.45) is 7.98.